The van der Waals surface area contributed by atoms with Crippen molar-refractivity contribution in [3.05, 3.63) is 72.6 Å². The number of aromatic nitrogens is 2. The maximum Gasteiger partial charge on any atom is 0.258 e. The van der Waals surface area contributed by atoms with E-state index < -0.39 is 0 Å². The molecule has 0 bridgehead atoms. The molecule has 6 heteroatoms. The Labute approximate surface area is 151 Å². The van der Waals surface area contributed by atoms with Gasteiger partial charge in [0.25, 0.3) is 5.91 Å². The first-order valence-corrected chi connectivity index (χ1v) is 8.53. The summed E-state index contributed by atoms with van der Waals surface area (Å²) in [6.07, 6.45) is 4.35. The fourth-order valence-electron chi connectivity index (χ4n) is 2.99. The Morgan fingerprint density at radius 2 is 2.04 bits per heavy atom. The van der Waals surface area contributed by atoms with Crippen LogP contribution in [-0.2, 0) is 4.79 Å². The van der Waals surface area contributed by atoms with Crippen molar-refractivity contribution >= 4 is 5.91 Å². The molecular formula is C20H19N3O3. The predicted molar refractivity (Wildman–Crippen MR) is 96.5 cm³/mol. The molecule has 1 amide bonds. The van der Waals surface area contributed by atoms with E-state index in [1.54, 1.807) is 10.9 Å². The average molecular weight is 349 g/mol. The van der Waals surface area contributed by atoms with Crippen molar-refractivity contribution in [1.82, 2.24) is 15.1 Å². The highest BCUT2D eigenvalue weighted by Gasteiger charge is 2.22. The van der Waals surface area contributed by atoms with Crippen molar-refractivity contribution in [2.45, 2.75) is 12.5 Å². The van der Waals surface area contributed by atoms with Gasteiger partial charge in [-0.15, -0.1) is 0 Å². The first-order chi connectivity index (χ1) is 12.8. The molecule has 4 rings (SSSR count). The number of carbonyl (C=O) groups excluding carboxylic acids is 1. The van der Waals surface area contributed by atoms with E-state index in [1.165, 1.54) is 0 Å². The number of nitrogens with one attached hydrogen (secondary N) is 1. The normalized spacial score (nSPS) is 15.6. The molecule has 0 saturated heterocycles. The smallest absolute Gasteiger partial charge is 0.258 e. The number of benzene rings is 2. The summed E-state index contributed by atoms with van der Waals surface area (Å²) in [6, 6.07) is 17.1. The highest BCUT2D eigenvalue weighted by molar-refractivity contribution is 5.78. The third-order valence-electron chi connectivity index (χ3n) is 4.27. The summed E-state index contributed by atoms with van der Waals surface area (Å²) in [5.41, 5.74) is 1.95. The molecule has 1 N–H and O–H groups in total. The van der Waals surface area contributed by atoms with E-state index in [0.29, 0.717) is 12.4 Å². The topological polar surface area (TPSA) is 65.4 Å². The zero-order valence-corrected chi connectivity index (χ0v) is 14.2. The Morgan fingerprint density at radius 3 is 2.85 bits per heavy atom. The summed E-state index contributed by atoms with van der Waals surface area (Å²) < 4.78 is 13.0. The second-order valence-electron chi connectivity index (χ2n) is 6.03. The fourth-order valence-corrected chi connectivity index (χ4v) is 2.99. The van der Waals surface area contributed by atoms with Gasteiger partial charge in [-0.05, 0) is 36.4 Å². The molecule has 2 aromatic carbocycles. The lowest BCUT2D eigenvalue weighted by molar-refractivity contribution is -0.124. The van der Waals surface area contributed by atoms with Crippen LogP contribution >= 0.6 is 0 Å². The number of ether oxygens (including phenoxy) is 2. The van der Waals surface area contributed by atoms with Crippen LogP contribution < -0.4 is 14.8 Å². The van der Waals surface area contributed by atoms with Gasteiger partial charge in [0.05, 0.1) is 18.3 Å². The molecule has 1 atom stereocenters. The van der Waals surface area contributed by atoms with Gasteiger partial charge in [-0.1, -0.05) is 18.2 Å². The van der Waals surface area contributed by atoms with E-state index in [4.69, 9.17) is 9.47 Å². The SMILES string of the molecule is O=C(COc1ccc(-n2cccn2)cc1)N[C@H]1CCOc2ccccc21. The Balaban J connectivity index is 1.33. The van der Waals surface area contributed by atoms with Crippen molar-refractivity contribution < 1.29 is 14.3 Å². The lowest BCUT2D eigenvalue weighted by Gasteiger charge is -2.26. The van der Waals surface area contributed by atoms with Crippen molar-refractivity contribution in [3.63, 3.8) is 0 Å². The van der Waals surface area contributed by atoms with Gasteiger partial charge in [0.15, 0.2) is 6.61 Å². The number of amides is 1. The van der Waals surface area contributed by atoms with E-state index in [-0.39, 0.29) is 18.6 Å². The van der Waals surface area contributed by atoms with Gasteiger partial charge in [0.2, 0.25) is 0 Å². The van der Waals surface area contributed by atoms with E-state index in [1.807, 2.05) is 60.8 Å². The van der Waals surface area contributed by atoms with Crippen LogP contribution in [0.3, 0.4) is 0 Å². The third-order valence-corrected chi connectivity index (χ3v) is 4.27. The van der Waals surface area contributed by atoms with Crippen molar-refractivity contribution in [1.29, 1.82) is 0 Å². The van der Waals surface area contributed by atoms with Gasteiger partial charge in [0, 0.05) is 24.4 Å². The Hall–Kier alpha value is -3.28. The fraction of sp³-hybridized carbons (Fsp3) is 0.200. The molecule has 132 valence electrons. The lowest BCUT2D eigenvalue weighted by Crippen LogP contribution is -2.35. The zero-order valence-electron chi connectivity index (χ0n) is 14.2. The molecule has 26 heavy (non-hydrogen) atoms. The number of carbonyl (C=O) groups is 1. The van der Waals surface area contributed by atoms with Gasteiger partial charge >= 0.3 is 0 Å². The van der Waals surface area contributed by atoms with E-state index >= 15 is 0 Å². The minimum absolute atomic E-state index is 0.0271. The zero-order chi connectivity index (χ0) is 17.8. The average Bonchev–Trinajstić information content (AvgIpc) is 3.22. The maximum absolute atomic E-state index is 12.3. The number of hydrogen-bond donors (Lipinski definition) is 1. The predicted octanol–water partition coefficient (Wildman–Crippen LogP) is 2.89. The number of fused-ring (bicyclic) bond motifs is 1. The van der Waals surface area contributed by atoms with Gasteiger partial charge < -0.3 is 14.8 Å². The Kier molecular flexibility index (Phi) is 4.55. The molecule has 1 aromatic heterocycles. The quantitative estimate of drug-likeness (QED) is 0.769. The second-order valence-corrected chi connectivity index (χ2v) is 6.03. The minimum atomic E-state index is -0.150. The van der Waals surface area contributed by atoms with Crippen LogP contribution in [0.15, 0.2) is 67.0 Å². The summed E-state index contributed by atoms with van der Waals surface area (Å²) in [5.74, 6) is 1.32. The van der Waals surface area contributed by atoms with Gasteiger partial charge in [-0.25, -0.2) is 4.68 Å². The van der Waals surface area contributed by atoms with Crippen LogP contribution in [0.25, 0.3) is 5.69 Å². The van der Waals surface area contributed by atoms with E-state index in [0.717, 1.165) is 23.4 Å². The highest BCUT2D eigenvalue weighted by atomic mass is 16.5. The largest absolute Gasteiger partial charge is 0.493 e. The molecule has 0 fully saturated rings. The lowest BCUT2D eigenvalue weighted by atomic mass is 10.0. The van der Waals surface area contributed by atoms with Crippen LogP contribution in [-0.4, -0.2) is 28.9 Å². The van der Waals surface area contributed by atoms with E-state index in [2.05, 4.69) is 10.4 Å². The van der Waals surface area contributed by atoms with Crippen LogP contribution in [0.5, 0.6) is 11.5 Å². The van der Waals surface area contributed by atoms with Crippen molar-refractivity contribution in [3.8, 4) is 17.2 Å². The third kappa shape index (κ3) is 3.54. The summed E-state index contributed by atoms with van der Waals surface area (Å²) >= 11 is 0. The van der Waals surface area contributed by atoms with Crippen molar-refractivity contribution in [2.75, 3.05) is 13.2 Å². The highest BCUT2D eigenvalue weighted by Crippen LogP contribution is 2.31. The number of para-hydroxylation sites is 1. The number of hydrogen-bond acceptors (Lipinski definition) is 4. The molecule has 1 aliphatic rings. The van der Waals surface area contributed by atoms with Gasteiger partial charge in [-0.2, -0.15) is 5.10 Å². The maximum atomic E-state index is 12.3. The van der Waals surface area contributed by atoms with Gasteiger partial charge in [-0.3, -0.25) is 4.79 Å². The van der Waals surface area contributed by atoms with Crippen LogP contribution in [0.4, 0.5) is 0 Å². The molecule has 0 spiro atoms. The summed E-state index contributed by atoms with van der Waals surface area (Å²) in [6.45, 7) is 0.568. The summed E-state index contributed by atoms with van der Waals surface area (Å²) in [4.78, 5) is 12.3. The molecule has 0 saturated carbocycles. The monoisotopic (exact) mass is 349 g/mol. The van der Waals surface area contributed by atoms with Crippen LogP contribution in [0.1, 0.15) is 18.0 Å². The first-order valence-electron chi connectivity index (χ1n) is 8.53. The second kappa shape index (κ2) is 7.31. The van der Waals surface area contributed by atoms with Crippen molar-refractivity contribution in [2.24, 2.45) is 0 Å². The summed E-state index contributed by atoms with van der Waals surface area (Å²) in [5, 5.41) is 7.20. The molecule has 1 aliphatic heterocycles. The van der Waals surface area contributed by atoms with Crippen LogP contribution in [0, 0.1) is 0 Å². The van der Waals surface area contributed by atoms with Gasteiger partial charge in [0.1, 0.15) is 11.5 Å². The standard InChI is InChI=1S/C20H19N3O3/c24-20(22-18-10-13-25-19-5-2-1-4-17(18)19)14-26-16-8-6-15(7-9-16)23-12-3-11-21-23/h1-9,11-12,18H,10,13-14H2,(H,22,24)/t18-/m0/s1. The molecule has 0 radical (unpaired) electrons. The van der Waals surface area contributed by atoms with E-state index in [9.17, 15) is 4.79 Å². The number of nitrogens with zero attached hydrogens (tertiary/aromatic N) is 2. The van der Waals surface area contributed by atoms with Crippen LogP contribution in [0.2, 0.25) is 0 Å². The minimum Gasteiger partial charge on any atom is -0.493 e. The summed E-state index contributed by atoms with van der Waals surface area (Å²) in [7, 11) is 0. The first kappa shape index (κ1) is 16.2. The molecule has 0 unspecified atom stereocenters. The molecule has 2 heterocycles. The Bertz CT molecular complexity index is 876. The number of rotatable bonds is 5. The molecule has 0 aliphatic carbocycles. The molecule has 3 aromatic rings. The molecule has 6 nitrogen and oxygen atoms in total. The molecular weight excluding hydrogens is 330 g/mol. The Morgan fingerprint density at radius 1 is 1.19 bits per heavy atom.